The minimum Gasteiger partial charge on any atom is -0.316 e. The highest BCUT2D eigenvalue weighted by atomic mass is 32.2. The second-order valence-electron chi connectivity index (χ2n) is 4.48. The van der Waals surface area contributed by atoms with Crippen LogP contribution in [0.4, 0.5) is 0 Å². The maximum absolute atomic E-state index is 11.9. The van der Waals surface area contributed by atoms with Crippen molar-refractivity contribution in [1.82, 2.24) is 9.62 Å². The summed E-state index contributed by atoms with van der Waals surface area (Å²) in [5.74, 6) is 0.765. The quantitative estimate of drug-likeness (QED) is 0.764. The van der Waals surface area contributed by atoms with Crippen LogP contribution < -0.4 is 5.32 Å². The zero-order chi connectivity index (χ0) is 12.0. The Bertz CT molecular complexity index is 284. The average Bonchev–Trinajstić information content (AvgIpc) is 2.27. The number of nitrogens with zero attached hydrogens (tertiary/aromatic N) is 1. The number of piperidine rings is 1. The average molecular weight is 248 g/mol. The predicted molar refractivity (Wildman–Crippen MR) is 66.9 cm³/mol. The Morgan fingerprint density at radius 2 is 2.12 bits per heavy atom. The smallest absolute Gasteiger partial charge is 0.214 e. The van der Waals surface area contributed by atoms with Crippen molar-refractivity contribution in [2.24, 2.45) is 5.92 Å². The maximum Gasteiger partial charge on any atom is 0.214 e. The van der Waals surface area contributed by atoms with Gasteiger partial charge in [-0.05, 0) is 38.3 Å². The fraction of sp³-hybridized carbons (Fsp3) is 1.00. The molecule has 1 fully saturated rings. The van der Waals surface area contributed by atoms with E-state index in [1.807, 2.05) is 13.8 Å². The molecule has 0 aromatic heterocycles. The van der Waals surface area contributed by atoms with Crippen LogP contribution in [0.15, 0.2) is 0 Å². The van der Waals surface area contributed by atoms with E-state index in [0.29, 0.717) is 25.4 Å². The monoisotopic (exact) mass is 248 g/mol. The molecule has 0 radical (unpaired) electrons. The first-order valence-electron chi connectivity index (χ1n) is 6.28. The van der Waals surface area contributed by atoms with Crippen LogP contribution in [0.5, 0.6) is 0 Å². The highest BCUT2D eigenvalue weighted by Gasteiger charge is 2.23. The molecule has 0 aromatic rings. The SMILES string of the molecule is CCCS(=O)(=O)N(CC)CC1CCCNC1. The van der Waals surface area contributed by atoms with Crippen LogP contribution in [-0.4, -0.2) is 44.7 Å². The van der Waals surface area contributed by atoms with Gasteiger partial charge in [0.1, 0.15) is 0 Å². The molecule has 0 spiro atoms. The Labute approximate surface area is 99.5 Å². The van der Waals surface area contributed by atoms with Gasteiger partial charge in [0.2, 0.25) is 10.0 Å². The molecule has 1 atom stereocenters. The standard InChI is InChI=1S/C11H24N2O2S/c1-3-8-16(14,15)13(4-2)10-11-6-5-7-12-9-11/h11-12H,3-10H2,1-2H3. The lowest BCUT2D eigenvalue weighted by Crippen LogP contribution is -2.41. The largest absolute Gasteiger partial charge is 0.316 e. The first-order chi connectivity index (χ1) is 7.60. The number of sulfonamides is 1. The summed E-state index contributed by atoms with van der Waals surface area (Å²) in [6, 6.07) is 0. The van der Waals surface area contributed by atoms with E-state index in [2.05, 4.69) is 5.32 Å². The van der Waals surface area contributed by atoms with E-state index in [9.17, 15) is 8.42 Å². The van der Waals surface area contributed by atoms with E-state index < -0.39 is 10.0 Å². The maximum atomic E-state index is 11.9. The molecule has 96 valence electrons. The Kier molecular flexibility index (Phi) is 5.72. The normalized spacial score (nSPS) is 22.6. The lowest BCUT2D eigenvalue weighted by atomic mass is 10.00. The fourth-order valence-electron chi connectivity index (χ4n) is 2.19. The summed E-state index contributed by atoms with van der Waals surface area (Å²) < 4.78 is 25.5. The molecule has 0 aromatic carbocycles. The van der Waals surface area contributed by atoms with Crippen molar-refractivity contribution in [2.45, 2.75) is 33.1 Å². The summed E-state index contributed by atoms with van der Waals surface area (Å²) in [7, 11) is -3.02. The Hall–Kier alpha value is -0.130. The third-order valence-corrected chi connectivity index (χ3v) is 5.19. The third-order valence-electron chi connectivity index (χ3n) is 3.07. The Balaban J connectivity index is 2.53. The van der Waals surface area contributed by atoms with Crippen molar-refractivity contribution in [2.75, 3.05) is 31.9 Å². The van der Waals surface area contributed by atoms with Crippen molar-refractivity contribution in [3.8, 4) is 0 Å². The van der Waals surface area contributed by atoms with Gasteiger partial charge in [-0.1, -0.05) is 13.8 Å². The van der Waals surface area contributed by atoms with Gasteiger partial charge in [-0.15, -0.1) is 0 Å². The van der Waals surface area contributed by atoms with E-state index >= 15 is 0 Å². The molecule has 4 nitrogen and oxygen atoms in total. The van der Waals surface area contributed by atoms with Gasteiger partial charge in [0.25, 0.3) is 0 Å². The second-order valence-corrected chi connectivity index (χ2v) is 6.57. The van der Waals surface area contributed by atoms with Crippen LogP contribution in [0, 0.1) is 5.92 Å². The van der Waals surface area contributed by atoms with Crippen LogP contribution in [0.1, 0.15) is 33.1 Å². The van der Waals surface area contributed by atoms with Crippen LogP contribution in [-0.2, 0) is 10.0 Å². The van der Waals surface area contributed by atoms with Gasteiger partial charge in [-0.2, -0.15) is 0 Å². The summed E-state index contributed by atoms with van der Waals surface area (Å²) in [6.07, 6.45) is 3.00. The van der Waals surface area contributed by atoms with Gasteiger partial charge >= 0.3 is 0 Å². The molecular formula is C11H24N2O2S. The molecule has 5 heteroatoms. The molecule has 1 aliphatic rings. The summed E-state index contributed by atoms with van der Waals surface area (Å²) in [4.78, 5) is 0. The van der Waals surface area contributed by atoms with Gasteiger partial charge in [-0.25, -0.2) is 12.7 Å². The number of nitrogens with one attached hydrogen (secondary N) is 1. The van der Waals surface area contributed by atoms with Crippen molar-refractivity contribution in [3.05, 3.63) is 0 Å². The first-order valence-corrected chi connectivity index (χ1v) is 7.89. The third kappa shape index (κ3) is 4.03. The van der Waals surface area contributed by atoms with Crippen LogP contribution >= 0.6 is 0 Å². The predicted octanol–water partition coefficient (Wildman–Crippen LogP) is 1.05. The molecule has 0 amide bonds. The molecule has 1 aliphatic heterocycles. The minimum absolute atomic E-state index is 0.279. The number of hydrogen-bond donors (Lipinski definition) is 1. The molecular weight excluding hydrogens is 224 g/mol. The van der Waals surface area contributed by atoms with Gasteiger partial charge in [0.15, 0.2) is 0 Å². The van der Waals surface area contributed by atoms with Gasteiger partial charge in [0, 0.05) is 13.1 Å². The Morgan fingerprint density at radius 3 is 2.62 bits per heavy atom. The first kappa shape index (κ1) is 13.9. The summed E-state index contributed by atoms with van der Waals surface area (Å²) in [5.41, 5.74) is 0. The Morgan fingerprint density at radius 1 is 1.38 bits per heavy atom. The van der Waals surface area contributed by atoms with Crippen LogP contribution in [0.2, 0.25) is 0 Å². The summed E-state index contributed by atoms with van der Waals surface area (Å²) >= 11 is 0. The molecule has 1 saturated heterocycles. The van der Waals surface area contributed by atoms with Crippen molar-refractivity contribution in [1.29, 1.82) is 0 Å². The molecule has 1 rings (SSSR count). The highest BCUT2D eigenvalue weighted by Crippen LogP contribution is 2.14. The van der Waals surface area contributed by atoms with E-state index in [-0.39, 0.29) is 5.75 Å². The highest BCUT2D eigenvalue weighted by molar-refractivity contribution is 7.89. The summed E-state index contributed by atoms with van der Waals surface area (Å²) in [5, 5.41) is 3.33. The zero-order valence-electron chi connectivity index (χ0n) is 10.4. The van der Waals surface area contributed by atoms with Crippen LogP contribution in [0.3, 0.4) is 0 Å². The molecule has 1 N–H and O–H groups in total. The fourth-order valence-corrected chi connectivity index (χ4v) is 3.80. The van der Waals surface area contributed by atoms with Crippen molar-refractivity contribution < 1.29 is 8.42 Å². The molecule has 0 aliphatic carbocycles. The van der Waals surface area contributed by atoms with Crippen molar-refractivity contribution in [3.63, 3.8) is 0 Å². The second kappa shape index (κ2) is 6.57. The van der Waals surface area contributed by atoms with Gasteiger partial charge in [-0.3, -0.25) is 0 Å². The molecule has 0 saturated carbocycles. The summed E-state index contributed by atoms with van der Waals surface area (Å²) in [6.45, 7) is 7.14. The molecule has 1 unspecified atom stereocenters. The minimum atomic E-state index is -3.02. The molecule has 1 heterocycles. The number of hydrogen-bond acceptors (Lipinski definition) is 3. The molecule has 0 bridgehead atoms. The van der Waals surface area contributed by atoms with Crippen molar-refractivity contribution >= 4 is 10.0 Å². The zero-order valence-corrected chi connectivity index (χ0v) is 11.2. The lowest BCUT2D eigenvalue weighted by Gasteiger charge is -2.28. The van der Waals surface area contributed by atoms with E-state index in [4.69, 9.17) is 0 Å². The topological polar surface area (TPSA) is 49.4 Å². The van der Waals surface area contributed by atoms with E-state index in [1.54, 1.807) is 4.31 Å². The van der Waals surface area contributed by atoms with E-state index in [1.165, 1.54) is 0 Å². The van der Waals surface area contributed by atoms with Crippen LogP contribution in [0.25, 0.3) is 0 Å². The number of rotatable bonds is 6. The van der Waals surface area contributed by atoms with Gasteiger partial charge < -0.3 is 5.32 Å². The van der Waals surface area contributed by atoms with E-state index in [0.717, 1.165) is 25.9 Å². The van der Waals surface area contributed by atoms with Gasteiger partial charge in [0.05, 0.1) is 5.75 Å². The lowest BCUT2D eigenvalue weighted by molar-refractivity contribution is 0.298. The molecule has 16 heavy (non-hydrogen) atoms.